The molecular weight excluding hydrogens is 408 g/mol. The molecule has 8 nitrogen and oxygen atoms in total. The van der Waals surface area contributed by atoms with Crippen molar-refractivity contribution in [3.8, 4) is 22.9 Å². The lowest BCUT2D eigenvalue weighted by Gasteiger charge is -2.33. The molecule has 1 amide bonds. The summed E-state index contributed by atoms with van der Waals surface area (Å²) >= 11 is 0. The molecule has 0 bridgehead atoms. The molecule has 2 heterocycles. The Morgan fingerprint density at radius 1 is 1.00 bits per heavy atom. The van der Waals surface area contributed by atoms with Crippen molar-refractivity contribution in [3.05, 3.63) is 59.5 Å². The second-order valence-corrected chi connectivity index (χ2v) is 7.98. The Labute approximate surface area is 187 Å². The van der Waals surface area contributed by atoms with E-state index in [1.807, 2.05) is 61.2 Å². The Morgan fingerprint density at radius 3 is 2.44 bits per heavy atom. The van der Waals surface area contributed by atoms with Gasteiger partial charge in [0.1, 0.15) is 0 Å². The van der Waals surface area contributed by atoms with Crippen molar-refractivity contribution in [2.45, 2.75) is 20.4 Å². The minimum Gasteiger partial charge on any atom is -0.493 e. The zero-order valence-corrected chi connectivity index (χ0v) is 18.7. The molecular formula is C24H28N4O4. The number of carbonyl (C=O) groups is 1. The average molecular weight is 437 g/mol. The smallest absolute Gasteiger partial charge is 0.260 e. The number of ether oxygens (including phenoxy) is 2. The van der Waals surface area contributed by atoms with Gasteiger partial charge in [-0.05, 0) is 31.5 Å². The van der Waals surface area contributed by atoms with Crippen LogP contribution >= 0.6 is 0 Å². The van der Waals surface area contributed by atoms with Crippen molar-refractivity contribution >= 4 is 5.91 Å². The SMILES string of the molecule is COc1cc(C)ccc1OCC(=O)N1CCN(Cc2nc(-c3ccc(C)cc3)no2)CC1. The Balaban J connectivity index is 1.25. The molecule has 1 aliphatic heterocycles. The first-order chi connectivity index (χ1) is 15.5. The van der Waals surface area contributed by atoms with E-state index in [0.717, 1.165) is 24.2 Å². The molecule has 0 spiro atoms. The minimum atomic E-state index is -0.0354. The van der Waals surface area contributed by atoms with Crippen LogP contribution in [0.15, 0.2) is 47.0 Å². The molecule has 2 aromatic carbocycles. The molecule has 0 aliphatic carbocycles. The first-order valence-electron chi connectivity index (χ1n) is 10.7. The van der Waals surface area contributed by atoms with Crippen molar-refractivity contribution < 1.29 is 18.8 Å². The number of piperazine rings is 1. The van der Waals surface area contributed by atoms with E-state index in [9.17, 15) is 4.79 Å². The Morgan fingerprint density at radius 2 is 1.72 bits per heavy atom. The third-order valence-electron chi connectivity index (χ3n) is 5.53. The summed E-state index contributed by atoms with van der Waals surface area (Å²) in [6.07, 6.45) is 0. The van der Waals surface area contributed by atoms with Crippen LogP contribution in [-0.2, 0) is 11.3 Å². The molecule has 3 aromatic rings. The normalized spacial score (nSPS) is 14.4. The van der Waals surface area contributed by atoms with Gasteiger partial charge < -0.3 is 18.9 Å². The van der Waals surface area contributed by atoms with E-state index in [1.165, 1.54) is 5.56 Å². The van der Waals surface area contributed by atoms with Crippen LogP contribution in [0.4, 0.5) is 0 Å². The van der Waals surface area contributed by atoms with Crippen molar-refractivity contribution in [1.29, 1.82) is 0 Å². The van der Waals surface area contributed by atoms with Crippen molar-refractivity contribution in [1.82, 2.24) is 19.9 Å². The lowest BCUT2D eigenvalue weighted by Crippen LogP contribution is -2.49. The van der Waals surface area contributed by atoms with Crippen molar-refractivity contribution in [2.75, 3.05) is 39.9 Å². The first-order valence-corrected chi connectivity index (χ1v) is 10.7. The van der Waals surface area contributed by atoms with Gasteiger partial charge in [-0.1, -0.05) is 41.1 Å². The maximum atomic E-state index is 12.6. The predicted molar refractivity (Wildman–Crippen MR) is 120 cm³/mol. The highest BCUT2D eigenvalue weighted by atomic mass is 16.5. The minimum absolute atomic E-state index is 0.0109. The lowest BCUT2D eigenvalue weighted by atomic mass is 10.1. The quantitative estimate of drug-likeness (QED) is 0.563. The largest absolute Gasteiger partial charge is 0.493 e. The van der Waals surface area contributed by atoms with Gasteiger partial charge in [-0.15, -0.1) is 0 Å². The standard InChI is InChI=1S/C24H28N4O4/c1-17-4-7-19(8-5-17)24-25-22(32-26-24)15-27-10-12-28(13-11-27)23(29)16-31-20-9-6-18(2)14-21(20)30-3/h4-9,14H,10-13,15-16H2,1-3H3. The van der Waals surface area contributed by atoms with Gasteiger partial charge in [0.25, 0.3) is 5.91 Å². The molecule has 0 N–H and O–H groups in total. The third kappa shape index (κ3) is 5.26. The Hall–Kier alpha value is -3.39. The number of hydrogen-bond acceptors (Lipinski definition) is 7. The summed E-state index contributed by atoms with van der Waals surface area (Å²) in [5.74, 6) is 2.34. The second kappa shape index (κ2) is 9.82. The fourth-order valence-corrected chi connectivity index (χ4v) is 3.61. The van der Waals surface area contributed by atoms with Crippen molar-refractivity contribution in [2.24, 2.45) is 0 Å². The zero-order chi connectivity index (χ0) is 22.5. The van der Waals surface area contributed by atoms with Crippen LogP contribution in [-0.4, -0.2) is 65.7 Å². The summed E-state index contributed by atoms with van der Waals surface area (Å²) in [4.78, 5) is 21.1. The summed E-state index contributed by atoms with van der Waals surface area (Å²) in [5.41, 5.74) is 3.20. The summed E-state index contributed by atoms with van der Waals surface area (Å²) in [5, 5.41) is 4.09. The predicted octanol–water partition coefficient (Wildman–Crippen LogP) is 3.09. The van der Waals surface area contributed by atoms with Gasteiger partial charge in [0.2, 0.25) is 11.7 Å². The number of benzene rings is 2. The number of aromatic nitrogens is 2. The molecule has 0 saturated carbocycles. The maximum absolute atomic E-state index is 12.6. The number of aryl methyl sites for hydroxylation is 2. The summed E-state index contributed by atoms with van der Waals surface area (Å²) < 4.78 is 16.5. The molecule has 0 unspecified atom stereocenters. The molecule has 4 rings (SSSR count). The van der Waals surface area contributed by atoms with Gasteiger partial charge in [0.05, 0.1) is 13.7 Å². The number of hydrogen-bond donors (Lipinski definition) is 0. The summed E-state index contributed by atoms with van der Waals surface area (Å²) in [7, 11) is 1.59. The monoisotopic (exact) mass is 436 g/mol. The van der Waals surface area contributed by atoms with E-state index < -0.39 is 0 Å². The molecule has 32 heavy (non-hydrogen) atoms. The van der Waals surface area contributed by atoms with Gasteiger partial charge in [0, 0.05) is 31.7 Å². The molecule has 8 heteroatoms. The third-order valence-corrected chi connectivity index (χ3v) is 5.53. The van der Waals surface area contributed by atoms with Gasteiger partial charge in [-0.2, -0.15) is 4.98 Å². The number of amides is 1. The fourth-order valence-electron chi connectivity index (χ4n) is 3.61. The van der Waals surface area contributed by atoms with Crippen LogP contribution in [0.25, 0.3) is 11.4 Å². The molecule has 1 saturated heterocycles. The van der Waals surface area contributed by atoms with Crippen LogP contribution in [0, 0.1) is 13.8 Å². The van der Waals surface area contributed by atoms with Crippen LogP contribution < -0.4 is 9.47 Å². The van der Waals surface area contributed by atoms with E-state index in [0.29, 0.717) is 42.8 Å². The Kier molecular flexibility index (Phi) is 6.70. The van der Waals surface area contributed by atoms with E-state index in [1.54, 1.807) is 7.11 Å². The number of rotatable bonds is 7. The number of carbonyl (C=O) groups excluding carboxylic acids is 1. The Bertz CT molecular complexity index is 1060. The van der Waals surface area contributed by atoms with Gasteiger partial charge in [-0.3, -0.25) is 9.69 Å². The molecule has 1 aliphatic rings. The van der Waals surface area contributed by atoms with E-state index in [4.69, 9.17) is 14.0 Å². The molecule has 1 fully saturated rings. The second-order valence-electron chi connectivity index (χ2n) is 7.98. The van der Waals surface area contributed by atoms with Gasteiger partial charge in [0.15, 0.2) is 18.1 Å². The van der Waals surface area contributed by atoms with Crippen molar-refractivity contribution in [3.63, 3.8) is 0 Å². The van der Waals surface area contributed by atoms with Crippen LogP contribution in [0.1, 0.15) is 17.0 Å². The van der Waals surface area contributed by atoms with Gasteiger partial charge in [-0.25, -0.2) is 0 Å². The highest BCUT2D eigenvalue weighted by Crippen LogP contribution is 2.27. The van der Waals surface area contributed by atoms with E-state index in [2.05, 4.69) is 15.0 Å². The molecule has 1 aromatic heterocycles. The topological polar surface area (TPSA) is 80.9 Å². The fraction of sp³-hybridized carbons (Fsp3) is 0.375. The summed E-state index contributed by atoms with van der Waals surface area (Å²) in [6, 6.07) is 13.7. The molecule has 168 valence electrons. The molecule has 0 atom stereocenters. The first kappa shape index (κ1) is 21.8. The lowest BCUT2D eigenvalue weighted by molar-refractivity contribution is -0.135. The highest BCUT2D eigenvalue weighted by Gasteiger charge is 2.23. The van der Waals surface area contributed by atoms with E-state index in [-0.39, 0.29) is 12.5 Å². The average Bonchev–Trinajstić information content (AvgIpc) is 3.27. The highest BCUT2D eigenvalue weighted by molar-refractivity contribution is 5.78. The maximum Gasteiger partial charge on any atom is 0.260 e. The van der Waals surface area contributed by atoms with Crippen LogP contribution in [0.5, 0.6) is 11.5 Å². The van der Waals surface area contributed by atoms with Gasteiger partial charge >= 0.3 is 0 Å². The molecule has 0 radical (unpaired) electrons. The number of methoxy groups -OCH3 is 1. The van der Waals surface area contributed by atoms with E-state index >= 15 is 0 Å². The summed E-state index contributed by atoms with van der Waals surface area (Å²) in [6.45, 7) is 7.32. The van der Waals surface area contributed by atoms with Crippen LogP contribution in [0.2, 0.25) is 0 Å². The van der Waals surface area contributed by atoms with Crippen LogP contribution in [0.3, 0.4) is 0 Å². The zero-order valence-electron chi connectivity index (χ0n) is 18.7. The number of nitrogens with zero attached hydrogens (tertiary/aromatic N) is 4.